The molecule has 0 unspecified atom stereocenters. The van der Waals surface area contributed by atoms with E-state index in [4.69, 9.17) is 9.40 Å². The highest BCUT2D eigenvalue weighted by Gasteiger charge is 2.48. The Bertz CT molecular complexity index is 3010. The minimum atomic E-state index is -0.186. The maximum atomic E-state index is 7.36. The molecule has 0 atom stereocenters. The molecular weight excluding hydrogens is 826 g/mol. The van der Waals surface area contributed by atoms with E-state index in [1.165, 1.54) is 66.8 Å². The van der Waals surface area contributed by atoms with Gasteiger partial charge in [-0.05, 0) is 143 Å². The second-order valence-corrected chi connectivity index (χ2v) is 26.0. The fourth-order valence-corrected chi connectivity index (χ4v) is 9.87. The Hall–Kier alpha value is -5.81. The van der Waals surface area contributed by atoms with E-state index in [2.05, 4.69) is 256 Å². The van der Waals surface area contributed by atoms with Crippen molar-refractivity contribution < 1.29 is 4.42 Å². The van der Waals surface area contributed by atoms with Crippen molar-refractivity contribution in [2.75, 3.05) is 9.80 Å². The summed E-state index contributed by atoms with van der Waals surface area (Å²) >= 11 is 0. The number of aromatic nitrogens is 1. The molecule has 3 heterocycles. The van der Waals surface area contributed by atoms with E-state index in [-0.39, 0.29) is 39.2 Å². The summed E-state index contributed by atoms with van der Waals surface area (Å²) in [5, 5.41) is 0. The topological polar surface area (TPSA) is 32.5 Å². The van der Waals surface area contributed by atoms with Crippen LogP contribution in [0.2, 0.25) is 0 Å². The van der Waals surface area contributed by atoms with Crippen LogP contribution in [-0.4, -0.2) is 11.7 Å². The van der Waals surface area contributed by atoms with Gasteiger partial charge in [-0.3, -0.25) is 4.90 Å². The summed E-state index contributed by atoms with van der Waals surface area (Å²) in [7, 11) is 0. The highest BCUT2D eigenvalue weighted by molar-refractivity contribution is 6.99. The van der Waals surface area contributed by atoms with Crippen LogP contribution in [0.1, 0.15) is 158 Å². The number of anilines is 6. The predicted octanol–water partition coefficient (Wildman–Crippen LogP) is 15.9. The Labute approximate surface area is 409 Å². The number of hydrogen-bond acceptors (Lipinski definition) is 4. The Morgan fingerprint density at radius 2 is 0.779 bits per heavy atom. The van der Waals surface area contributed by atoms with Gasteiger partial charge in [-0.2, -0.15) is 0 Å². The van der Waals surface area contributed by atoms with Gasteiger partial charge >= 0.3 is 0 Å². The lowest BCUT2D eigenvalue weighted by Crippen LogP contribution is -2.62. The van der Waals surface area contributed by atoms with Gasteiger partial charge in [-0.25, -0.2) is 4.98 Å². The third-order valence-corrected chi connectivity index (χ3v) is 14.4. The molecule has 0 spiro atoms. The summed E-state index contributed by atoms with van der Waals surface area (Å²) in [6.45, 7) is 41.3. The first-order valence-electron chi connectivity index (χ1n) is 24.9. The number of fused-ring (bicyclic) bond motifs is 4. The van der Waals surface area contributed by atoms with E-state index in [1.807, 2.05) is 0 Å². The quantitative estimate of drug-likeness (QED) is 0.165. The largest absolute Gasteiger partial charge is 0.420 e. The molecule has 1 aromatic heterocycles. The summed E-state index contributed by atoms with van der Waals surface area (Å²) in [6.07, 6.45) is 0. The van der Waals surface area contributed by atoms with E-state index in [9.17, 15) is 0 Å². The van der Waals surface area contributed by atoms with Gasteiger partial charge in [0.25, 0.3) is 6.71 Å². The van der Waals surface area contributed by atoms with Gasteiger partial charge in [-0.15, -0.1) is 0 Å². The number of nitrogens with zero attached hydrogens (tertiary/aromatic N) is 3. The van der Waals surface area contributed by atoms with Crippen molar-refractivity contribution in [1.29, 1.82) is 0 Å². The molecule has 9 rings (SSSR count). The SMILES string of the molecule is CC(C)(C)c1ccc(-c2ccc(-c3nc4c(o3)N(c3cc(C(C)(C)C)cc(C(C)(C)C)c3)c3cc(C(C)(C)C)cc5c3B4c3cc(C(C)(C)C)ccc3N5c3ccc(C(C)(C)C)cc3)cc2)cc1. The van der Waals surface area contributed by atoms with Crippen LogP contribution in [0.5, 0.6) is 0 Å². The van der Waals surface area contributed by atoms with Crippen LogP contribution in [0.4, 0.5) is 34.3 Å². The average molecular weight is 900 g/mol. The van der Waals surface area contributed by atoms with Crippen molar-refractivity contribution in [3.63, 3.8) is 0 Å². The molecule has 0 saturated carbocycles. The van der Waals surface area contributed by atoms with E-state index in [0.717, 1.165) is 34.1 Å². The van der Waals surface area contributed by atoms with Crippen molar-refractivity contribution in [3.8, 4) is 22.6 Å². The van der Waals surface area contributed by atoms with Gasteiger partial charge in [0.05, 0.1) is 5.59 Å². The van der Waals surface area contributed by atoms with Gasteiger partial charge in [0, 0.05) is 34.0 Å². The van der Waals surface area contributed by atoms with Crippen LogP contribution in [0.25, 0.3) is 22.6 Å². The van der Waals surface area contributed by atoms with Gasteiger partial charge in [0.1, 0.15) is 0 Å². The van der Waals surface area contributed by atoms with Crippen LogP contribution in [0, 0.1) is 0 Å². The summed E-state index contributed by atoms with van der Waals surface area (Å²) in [5.74, 6) is 1.40. The van der Waals surface area contributed by atoms with Crippen LogP contribution in [0.15, 0.2) is 126 Å². The monoisotopic (exact) mass is 900 g/mol. The van der Waals surface area contributed by atoms with E-state index in [0.29, 0.717) is 5.89 Å². The first-order valence-corrected chi connectivity index (χ1v) is 24.9. The standard InChI is InChI=1S/C63H74BN3O/c1-58(2,3)42-25-23-40(24-26-42)39-19-21-41(22-20-39)56-65-55-57(68-56)67(49-34-45(61(10,11)12)33-46(35-49)62(13,14)15)53-38-47(63(16,17)18)37-52-54(53)64(55)50-36-44(60(7,8)9)29-32-51(50)66(52)48-30-27-43(28-31-48)59(4,5)6/h19-38H,1-18H3. The average Bonchev–Trinajstić information content (AvgIpc) is 3.69. The molecule has 0 amide bonds. The smallest absolute Gasteiger partial charge is 0.279 e. The highest BCUT2D eigenvalue weighted by Crippen LogP contribution is 2.48. The molecule has 0 saturated heterocycles. The summed E-state index contributed by atoms with van der Waals surface area (Å²) in [5.41, 5.74) is 19.9. The molecule has 0 N–H and O–H groups in total. The second-order valence-electron chi connectivity index (χ2n) is 26.0. The molecule has 0 fully saturated rings. The number of benzene rings is 6. The fraction of sp³-hybridized carbons (Fsp3) is 0.381. The molecule has 0 bridgehead atoms. The van der Waals surface area contributed by atoms with Gasteiger partial charge in [-0.1, -0.05) is 191 Å². The van der Waals surface area contributed by atoms with Crippen molar-refractivity contribution in [3.05, 3.63) is 155 Å². The Kier molecular flexibility index (Phi) is 11.0. The molecule has 0 radical (unpaired) electrons. The minimum absolute atomic E-state index is 0.0312. The van der Waals surface area contributed by atoms with Gasteiger partial charge in [0.15, 0.2) is 0 Å². The molecule has 350 valence electrons. The first-order chi connectivity index (χ1) is 31.5. The molecule has 2 aliphatic rings. The van der Waals surface area contributed by atoms with Gasteiger partial charge in [0.2, 0.25) is 11.8 Å². The molecule has 68 heavy (non-hydrogen) atoms. The second kappa shape index (κ2) is 15.9. The Morgan fingerprint density at radius 1 is 0.368 bits per heavy atom. The lowest BCUT2D eigenvalue weighted by molar-refractivity contribution is 0.566. The lowest BCUT2D eigenvalue weighted by Gasteiger charge is -2.43. The predicted molar refractivity (Wildman–Crippen MR) is 294 cm³/mol. The van der Waals surface area contributed by atoms with E-state index in [1.54, 1.807) is 0 Å². The number of hydrogen-bond donors (Lipinski definition) is 0. The summed E-state index contributed by atoms with van der Waals surface area (Å²) < 4.78 is 7.36. The van der Waals surface area contributed by atoms with Crippen LogP contribution >= 0.6 is 0 Å². The molecule has 5 heteroatoms. The third-order valence-electron chi connectivity index (χ3n) is 14.4. The lowest BCUT2D eigenvalue weighted by atomic mass is 9.35. The minimum Gasteiger partial charge on any atom is -0.420 e. The molecule has 7 aromatic rings. The van der Waals surface area contributed by atoms with Crippen molar-refractivity contribution in [2.45, 2.75) is 157 Å². The molecule has 2 aliphatic heterocycles. The van der Waals surface area contributed by atoms with Gasteiger partial charge < -0.3 is 9.32 Å². The van der Waals surface area contributed by atoms with Crippen LogP contribution in [-0.2, 0) is 32.5 Å². The van der Waals surface area contributed by atoms with Crippen LogP contribution < -0.4 is 26.3 Å². The highest BCUT2D eigenvalue weighted by atomic mass is 16.4. The van der Waals surface area contributed by atoms with Crippen molar-refractivity contribution >= 4 is 57.6 Å². The molecule has 0 aliphatic carbocycles. The van der Waals surface area contributed by atoms with Crippen molar-refractivity contribution in [1.82, 2.24) is 4.98 Å². The Morgan fingerprint density at radius 3 is 1.26 bits per heavy atom. The Balaban J connectivity index is 1.34. The zero-order chi connectivity index (χ0) is 49.3. The van der Waals surface area contributed by atoms with Crippen LogP contribution in [0.3, 0.4) is 0 Å². The third kappa shape index (κ3) is 8.54. The van der Waals surface area contributed by atoms with E-state index < -0.39 is 0 Å². The summed E-state index contributed by atoms with van der Waals surface area (Å²) in [6, 6.07) is 46.3. The first kappa shape index (κ1) is 47.3. The number of oxazole rings is 1. The summed E-state index contributed by atoms with van der Waals surface area (Å²) in [4.78, 5) is 10.6. The maximum absolute atomic E-state index is 7.36. The zero-order valence-corrected chi connectivity index (χ0v) is 44.4. The fourth-order valence-electron chi connectivity index (χ4n) is 9.87. The normalized spacial score (nSPS) is 14.2. The maximum Gasteiger partial charge on any atom is 0.279 e. The molecular formula is C63H74BN3O. The van der Waals surface area contributed by atoms with E-state index >= 15 is 0 Å². The zero-order valence-electron chi connectivity index (χ0n) is 44.4. The molecule has 6 aromatic carbocycles. The number of rotatable bonds is 4. The van der Waals surface area contributed by atoms with Crippen molar-refractivity contribution in [2.24, 2.45) is 0 Å². The molecule has 4 nitrogen and oxygen atoms in total.